The molecule has 286 valence electrons. The summed E-state index contributed by atoms with van der Waals surface area (Å²) >= 11 is 0. The summed E-state index contributed by atoms with van der Waals surface area (Å²) in [6.07, 6.45) is 0. The summed E-state index contributed by atoms with van der Waals surface area (Å²) in [5.41, 5.74) is 15.5. The summed E-state index contributed by atoms with van der Waals surface area (Å²) in [6, 6.07) is 80.9. The molecular formula is C57H38N4. The lowest BCUT2D eigenvalue weighted by molar-refractivity contribution is 0.918. The molecule has 0 aliphatic heterocycles. The maximum absolute atomic E-state index is 5.39. The molecule has 0 saturated carbocycles. The Bertz CT molecular complexity index is 3240. The van der Waals surface area contributed by atoms with E-state index >= 15 is 0 Å². The zero-order chi connectivity index (χ0) is 40.5. The fourth-order valence-corrected chi connectivity index (χ4v) is 8.45. The monoisotopic (exact) mass is 778 g/mol. The van der Waals surface area contributed by atoms with Crippen LogP contribution in [-0.4, -0.2) is 19.7 Å². The second-order valence-corrected chi connectivity index (χ2v) is 15.3. The second-order valence-electron chi connectivity index (χ2n) is 15.3. The van der Waals surface area contributed by atoms with Crippen molar-refractivity contribution in [1.82, 2.24) is 19.7 Å². The molecule has 0 aliphatic rings. The molecule has 4 nitrogen and oxygen atoms in total. The third-order valence-corrected chi connectivity index (χ3v) is 11.4. The van der Waals surface area contributed by atoms with Crippen molar-refractivity contribution in [2.45, 2.75) is 0 Å². The molecule has 4 heteroatoms. The maximum atomic E-state index is 5.39. The van der Waals surface area contributed by atoms with Crippen LogP contribution in [0.4, 0.5) is 0 Å². The number of hydrogen-bond donors (Lipinski definition) is 0. The molecule has 61 heavy (non-hydrogen) atoms. The standard InChI is InChI=1S/C57H38N4/c1-5-18-39(19-6-1)42-25-15-28-46(34-42)52-38-53(59-57(58-52)48-30-16-26-43(35-48)40-20-7-2-8-21-40)47-29-17-27-44(36-47)51-37-45-24-13-14-33-50(45)56-54(51)55(41-22-9-3-10-23-41)60-61(56)49-31-11-4-12-32-49/h1-38H. The fourth-order valence-electron chi connectivity index (χ4n) is 8.45. The first kappa shape index (κ1) is 35.9. The van der Waals surface area contributed by atoms with Gasteiger partial charge in [0, 0.05) is 33.0 Å². The second kappa shape index (κ2) is 15.5. The van der Waals surface area contributed by atoms with Gasteiger partial charge in [-0.15, -0.1) is 0 Å². The van der Waals surface area contributed by atoms with E-state index in [1.54, 1.807) is 0 Å². The molecule has 0 saturated heterocycles. The lowest BCUT2D eigenvalue weighted by Gasteiger charge is -2.14. The Labute approximate surface area is 354 Å². The van der Waals surface area contributed by atoms with Crippen molar-refractivity contribution >= 4 is 21.7 Å². The van der Waals surface area contributed by atoms with E-state index in [0.29, 0.717) is 5.82 Å². The Balaban J connectivity index is 1.12. The van der Waals surface area contributed by atoms with Crippen molar-refractivity contribution in [1.29, 1.82) is 0 Å². The van der Waals surface area contributed by atoms with Crippen molar-refractivity contribution in [3.05, 3.63) is 231 Å². The van der Waals surface area contributed by atoms with Crippen LogP contribution in [0.5, 0.6) is 0 Å². The highest BCUT2D eigenvalue weighted by Gasteiger charge is 2.22. The van der Waals surface area contributed by atoms with Gasteiger partial charge in [-0.25, -0.2) is 14.6 Å². The highest BCUT2D eigenvalue weighted by Crippen LogP contribution is 2.42. The number of rotatable bonds is 8. The van der Waals surface area contributed by atoms with Crippen LogP contribution in [0.15, 0.2) is 231 Å². The number of aromatic nitrogens is 4. The number of benzene rings is 9. The first-order chi connectivity index (χ1) is 30.2. The first-order valence-corrected chi connectivity index (χ1v) is 20.6. The predicted molar refractivity (Wildman–Crippen MR) is 252 cm³/mol. The molecule has 2 aromatic heterocycles. The van der Waals surface area contributed by atoms with Crippen molar-refractivity contribution < 1.29 is 0 Å². The van der Waals surface area contributed by atoms with Gasteiger partial charge in [0.2, 0.25) is 0 Å². The molecular weight excluding hydrogens is 741 g/mol. The zero-order valence-corrected chi connectivity index (χ0v) is 33.2. The lowest BCUT2D eigenvalue weighted by atomic mass is 9.92. The largest absolute Gasteiger partial charge is 0.232 e. The van der Waals surface area contributed by atoms with Gasteiger partial charge in [0.15, 0.2) is 5.82 Å². The van der Waals surface area contributed by atoms with Gasteiger partial charge in [-0.05, 0) is 81.2 Å². The summed E-state index contributed by atoms with van der Waals surface area (Å²) in [6.45, 7) is 0. The number of hydrogen-bond acceptors (Lipinski definition) is 3. The molecule has 0 unspecified atom stereocenters. The van der Waals surface area contributed by atoms with E-state index in [1.165, 1.54) is 0 Å². The average molecular weight is 779 g/mol. The van der Waals surface area contributed by atoms with E-state index in [4.69, 9.17) is 15.1 Å². The predicted octanol–water partition coefficient (Wildman–Crippen LogP) is 14.6. The minimum atomic E-state index is 0.671. The highest BCUT2D eigenvalue weighted by molar-refractivity contribution is 6.17. The zero-order valence-electron chi connectivity index (χ0n) is 33.2. The van der Waals surface area contributed by atoms with Crippen LogP contribution in [0.2, 0.25) is 0 Å². The molecule has 0 bridgehead atoms. The van der Waals surface area contributed by atoms with E-state index < -0.39 is 0 Å². The summed E-state index contributed by atoms with van der Waals surface area (Å²) in [4.78, 5) is 10.6. The SMILES string of the molecule is c1ccc(-c2cccc(-c3cc(-c4cccc(-c5cc6ccccc6c6c5c(-c5ccccc5)nn6-c5ccccc5)c4)nc(-c4cccc(-c5ccccc5)c4)n3)c2)cc1. The number of nitrogens with zero attached hydrogens (tertiary/aromatic N) is 4. The third-order valence-electron chi connectivity index (χ3n) is 11.4. The number of para-hydroxylation sites is 1. The van der Waals surface area contributed by atoms with E-state index in [9.17, 15) is 0 Å². The Kier molecular flexibility index (Phi) is 9.14. The van der Waals surface area contributed by atoms with Gasteiger partial charge in [0.1, 0.15) is 5.69 Å². The molecule has 9 aromatic carbocycles. The van der Waals surface area contributed by atoms with Crippen LogP contribution in [0.25, 0.3) is 106 Å². The quantitative estimate of drug-likeness (QED) is 0.154. The normalized spacial score (nSPS) is 11.3. The first-order valence-electron chi connectivity index (χ1n) is 20.6. The molecule has 2 heterocycles. The Morgan fingerprint density at radius 1 is 0.328 bits per heavy atom. The van der Waals surface area contributed by atoms with Crippen LogP contribution in [0, 0.1) is 0 Å². The van der Waals surface area contributed by atoms with Gasteiger partial charge < -0.3 is 0 Å². The van der Waals surface area contributed by atoms with Gasteiger partial charge in [-0.2, -0.15) is 5.10 Å². The minimum absolute atomic E-state index is 0.671. The molecule has 0 amide bonds. The maximum Gasteiger partial charge on any atom is 0.160 e. The molecule has 0 aliphatic carbocycles. The van der Waals surface area contributed by atoms with Crippen LogP contribution in [0.1, 0.15) is 0 Å². The van der Waals surface area contributed by atoms with Crippen molar-refractivity contribution in [2.75, 3.05) is 0 Å². The van der Waals surface area contributed by atoms with Crippen LogP contribution >= 0.6 is 0 Å². The molecule has 11 aromatic rings. The highest BCUT2D eigenvalue weighted by atomic mass is 15.3. The molecule has 0 atom stereocenters. The molecule has 11 rings (SSSR count). The third kappa shape index (κ3) is 6.86. The van der Waals surface area contributed by atoms with E-state index in [1.807, 2.05) is 12.1 Å². The summed E-state index contributed by atoms with van der Waals surface area (Å²) in [5, 5.41) is 8.79. The fraction of sp³-hybridized carbons (Fsp3) is 0. The molecule has 0 fully saturated rings. The molecule has 0 N–H and O–H groups in total. The molecule has 0 radical (unpaired) electrons. The average Bonchev–Trinajstić information content (AvgIpc) is 3.76. The summed E-state index contributed by atoms with van der Waals surface area (Å²) in [7, 11) is 0. The Morgan fingerprint density at radius 3 is 1.41 bits per heavy atom. The van der Waals surface area contributed by atoms with Crippen molar-refractivity contribution in [3.63, 3.8) is 0 Å². The smallest absolute Gasteiger partial charge is 0.160 e. The van der Waals surface area contributed by atoms with E-state index in [-0.39, 0.29) is 0 Å². The van der Waals surface area contributed by atoms with Gasteiger partial charge >= 0.3 is 0 Å². The Morgan fingerprint density at radius 2 is 0.787 bits per heavy atom. The van der Waals surface area contributed by atoms with Crippen LogP contribution in [0.3, 0.4) is 0 Å². The van der Waals surface area contributed by atoms with E-state index in [2.05, 4.69) is 223 Å². The minimum Gasteiger partial charge on any atom is -0.232 e. The van der Waals surface area contributed by atoms with Gasteiger partial charge in [0.05, 0.1) is 22.6 Å². The van der Waals surface area contributed by atoms with E-state index in [0.717, 1.165) is 100 Å². The topological polar surface area (TPSA) is 43.6 Å². The van der Waals surface area contributed by atoms with Gasteiger partial charge in [-0.1, -0.05) is 188 Å². The van der Waals surface area contributed by atoms with Crippen LogP contribution in [-0.2, 0) is 0 Å². The summed E-state index contributed by atoms with van der Waals surface area (Å²) in [5.74, 6) is 0.671. The van der Waals surface area contributed by atoms with Gasteiger partial charge in [-0.3, -0.25) is 0 Å². The molecule has 0 spiro atoms. The number of fused-ring (bicyclic) bond motifs is 3. The van der Waals surface area contributed by atoms with Crippen molar-refractivity contribution in [3.8, 4) is 84.2 Å². The van der Waals surface area contributed by atoms with Crippen LogP contribution < -0.4 is 0 Å². The van der Waals surface area contributed by atoms with Crippen molar-refractivity contribution in [2.24, 2.45) is 0 Å². The van der Waals surface area contributed by atoms with Gasteiger partial charge in [0.25, 0.3) is 0 Å². The Hall–Kier alpha value is -8.21. The lowest BCUT2D eigenvalue weighted by Crippen LogP contribution is -1.97. The summed E-state index contributed by atoms with van der Waals surface area (Å²) < 4.78 is 2.11.